The third kappa shape index (κ3) is 4.55. The Labute approximate surface area is 157 Å². The molecule has 0 amide bonds. The van der Waals surface area contributed by atoms with E-state index >= 15 is 0 Å². The molecule has 2 aromatic carbocycles. The fourth-order valence-corrected chi connectivity index (χ4v) is 3.73. The van der Waals surface area contributed by atoms with Crippen molar-refractivity contribution in [3.05, 3.63) is 76.0 Å². The van der Waals surface area contributed by atoms with Crippen LogP contribution in [0.5, 0.6) is 0 Å². The number of benzene rings is 2. The van der Waals surface area contributed by atoms with Crippen molar-refractivity contribution in [1.29, 1.82) is 0 Å². The van der Waals surface area contributed by atoms with Crippen LogP contribution in [0, 0.1) is 11.7 Å². The van der Waals surface area contributed by atoms with E-state index in [9.17, 15) is 9.18 Å². The Bertz CT molecular complexity index is 979. The van der Waals surface area contributed by atoms with E-state index in [-0.39, 0.29) is 5.82 Å². The summed E-state index contributed by atoms with van der Waals surface area (Å²) in [7, 11) is 0. The highest BCUT2D eigenvalue weighted by Gasteiger charge is 2.18. The average molecular weight is 366 g/mol. The highest BCUT2D eigenvalue weighted by Crippen LogP contribution is 2.22. The number of halogens is 1. The van der Waals surface area contributed by atoms with Gasteiger partial charge in [-0.05, 0) is 73.7 Å². The second kappa shape index (κ2) is 7.92. The predicted molar refractivity (Wildman–Crippen MR) is 105 cm³/mol. The summed E-state index contributed by atoms with van der Waals surface area (Å²) in [4.78, 5) is 16.3. The topological polar surface area (TPSA) is 49.2 Å². The molecule has 1 N–H and O–H groups in total. The number of hydrogen-bond donors (Lipinski definition) is 1. The Hall–Kier alpha value is -2.66. The number of likely N-dealkylation sites (tertiary alicyclic amines) is 1. The minimum atomic E-state index is -0.422. The molecular weight excluding hydrogens is 343 g/mol. The van der Waals surface area contributed by atoms with Crippen LogP contribution in [-0.2, 0) is 6.42 Å². The van der Waals surface area contributed by atoms with E-state index in [1.807, 2.05) is 30.3 Å². The molecule has 1 aromatic heterocycles. The zero-order valence-corrected chi connectivity index (χ0v) is 15.2. The van der Waals surface area contributed by atoms with Crippen LogP contribution in [0.3, 0.4) is 0 Å². The standard InChI is InChI=1S/C22H23FN2O2/c23-19-6-3-17(4-7-19)14-18-9-12-25(13-10-18)11-1-2-16-5-8-20-21(15-16)27-22(26)24-20/h1-8,15,18H,9-14H2,(H,24,26). The van der Waals surface area contributed by atoms with Crippen LogP contribution in [0.4, 0.5) is 4.39 Å². The Balaban J connectivity index is 1.26. The van der Waals surface area contributed by atoms with E-state index in [2.05, 4.69) is 22.0 Å². The maximum Gasteiger partial charge on any atom is 0.417 e. The molecule has 140 valence electrons. The van der Waals surface area contributed by atoms with Crippen molar-refractivity contribution in [1.82, 2.24) is 9.88 Å². The summed E-state index contributed by atoms with van der Waals surface area (Å²) in [5.74, 6) is 0.0855. The van der Waals surface area contributed by atoms with E-state index in [0.29, 0.717) is 11.5 Å². The molecule has 0 atom stereocenters. The number of piperidine rings is 1. The first kappa shape index (κ1) is 17.7. The highest BCUT2D eigenvalue weighted by atomic mass is 19.1. The van der Waals surface area contributed by atoms with Crippen molar-refractivity contribution in [3.8, 4) is 0 Å². The van der Waals surface area contributed by atoms with Crippen molar-refractivity contribution < 1.29 is 8.81 Å². The van der Waals surface area contributed by atoms with E-state index in [4.69, 9.17) is 4.42 Å². The molecular formula is C22H23FN2O2. The van der Waals surface area contributed by atoms with Gasteiger partial charge in [0, 0.05) is 6.54 Å². The second-order valence-corrected chi connectivity index (χ2v) is 7.25. The predicted octanol–water partition coefficient (Wildman–Crippen LogP) is 4.23. The number of aromatic amines is 1. The third-order valence-corrected chi connectivity index (χ3v) is 5.26. The lowest BCUT2D eigenvalue weighted by Crippen LogP contribution is -2.34. The normalized spacial score (nSPS) is 16.5. The van der Waals surface area contributed by atoms with Gasteiger partial charge >= 0.3 is 5.76 Å². The molecule has 0 spiro atoms. The smallest absolute Gasteiger partial charge is 0.408 e. The van der Waals surface area contributed by atoms with Gasteiger partial charge in [0.25, 0.3) is 0 Å². The van der Waals surface area contributed by atoms with Gasteiger partial charge in [0.05, 0.1) is 5.52 Å². The van der Waals surface area contributed by atoms with E-state index in [1.54, 1.807) is 12.1 Å². The summed E-state index contributed by atoms with van der Waals surface area (Å²) in [5, 5.41) is 0. The summed E-state index contributed by atoms with van der Waals surface area (Å²) < 4.78 is 18.1. The minimum Gasteiger partial charge on any atom is -0.408 e. The summed E-state index contributed by atoms with van der Waals surface area (Å²) >= 11 is 0. The SMILES string of the molecule is O=c1[nH]c2ccc(C=CCN3CCC(Cc4ccc(F)cc4)CC3)cc2o1. The van der Waals surface area contributed by atoms with E-state index in [1.165, 1.54) is 18.4 Å². The van der Waals surface area contributed by atoms with Gasteiger partial charge < -0.3 is 4.42 Å². The Morgan fingerprint density at radius 3 is 2.70 bits per heavy atom. The van der Waals surface area contributed by atoms with Crippen LogP contribution in [-0.4, -0.2) is 29.5 Å². The van der Waals surface area contributed by atoms with Gasteiger partial charge in [-0.2, -0.15) is 0 Å². The molecule has 1 fully saturated rings. The monoisotopic (exact) mass is 366 g/mol. The zero-order chi connectivity index (χ0) is 18.6. The van der Waals surface area contributed by atoms with Crippen molar-refractivity contribution in [3.63, 3.8) is 0 Å². The third-order valence-electron chi connectivity index (χ3n) is 5.26. The lowest BCUT2D eigenvalue weighted by molar-refractivity contribution is 0.200. The van der Waals surface area contributed by atoms with Crippen molar-refractivity contribution >= 4 is 17.2 Å². The van der Waals surface area contributed by atoms with Gasteiger partial charge in [-0.1, -0.05) is 30.4 Å². The first-order valence-electron chi connectivity index (χ1n) is 9.42. The summed E-state index contributed by atoms with van der Waals surface area (Å²) in [6, 6.07) is 12.6. The van der Waals surface area contributed by atoms with Gasteiger partial charge in [0.15, 0.2) is 5.58 Å². The lowest BCUT2D eigenvalue weighted by Gasteiger charge is -2.31. The van der Waals surface area contributed by atoms with Crippen LogP contribution in [0.2, 0.25) is 0 Å². The van der Waals surface area contributed by atoms with Crippen molar-refractivity contribution in [2.45, 2.75) is 19.3 Å². The molecule has 5 heteroatoms. The minimum absolute atomic E-state index is 0.168. The van der Waals surface area contributed by atoms with Gasteiger partial charge in [-0.25, -0.2) is 9.18 Å². The second-order valence-electron chi connectivity index (χ2n) is 7.25. The van der Waals surface area contributed by atoms with Crippen molar-refractivity contribution in [2.24, 2.45) is 5.92 Å². The van der Waals surface area contributed by atoms with Crippen molar-refractivity contribution in [2.75, 3.05) is 19.6 Å². The number of hydrogen-bond acceptors (Lipinski definition) is 3. The van der Waals surface area contributed by atoms with Crippen LogP contribution < -0.4 is 5.76 Å². The maximum atomic E-state index is 13.0. The quantitative estimate of drug-likeness (QED) is 0.735. The summed E-state index contributed by atoms with van der Waals surface area (Å²) in [5.41, 5.74) is 3.56. The van der Waals surface area contributed by atoms with Gasteiger partial charge in [-0.15, -0.1) is 0 Å². The van der Waals surface area contributed by atoms with Crippen LogP contribution >= 0.6 is 0 Å². The number of aromatic nitrogens is 1. The lowest BCUT2D eigenvalue weighted by atomic mass is 9.90. The van der Waals surface area contributed by atoms with Gasteiger partial charge in [-0.3, -0.25) is 9.88 Å². The number of nitrogens with one attached hydrogen (secondary N) is 1. The maximum absolute atomic E-state index is 13.0. The Morgan fingerprint density at radius 1 is 1.15 bits per heavy atom. The zero-order valence-electron chi connectivity index (χ0n) is 15.2. The molecule has 1 aliphatic heterocycles. The van der Waals surface area contributed by atoms with Crippen LogP contribution in [0.25, 0.3) is 17.2 Å². The van der Waals surface area contributed by atoms with E-state index < -0.39 is 5.76 Å². The van der Waals surface area contributed by atoms with E-state index in [0.717, 1.165) is 37.1 Å². The van der Waals surface area contributed by atoms with Crippen LogP contribution in [0.1, 0.15) is 24.0 Å². The van der Waals surface area contributed by atoms with Crippen LogP contribution in [0.15, 0.2) is 57.8 Å². The molecule has 0 aliphatic carbocycles. The highest BCUT2D eigenvalue weighted by molar-refractivity contribution is 5.75. The number of H-pyrrole nitrogens is 1. The number of fused-ring (bicyclic) bond motifs is 1. The fourth-order valence-electron chi connectivity index (χ4n) is 3.73. The Kier molecular flexibility index (Phi) is 5.21. The first-order chi connectivity index (χ1) is 13.2. The first-order valence-corrected chi connectivity index (χ1v) is 9.42. The number of oxazole rings is 1. The molecule has 0 radical (unpaired) electrons. The molecule has 4 nitrogen and oxygen atoms in total. The summed E-state index contributed by atoms with van der Waals surface area (Å²) in [6.45, 7) is 3.09. The molecule has 1 aliphatic rings. The average Bonchev–Trinajstić information content (AvgIpc) is 3.04. The molecule has 4 rings (SSSR count). The van der Waals surface area contributed by atoms with Gasteiger partial charge in [0.2, 0.25) is 0 Å². The summed E-state index contributed by atoms with van der Waals surface area (Å²) in [6.07, 6.45) is 7.60. The Morgan fingerprint density at radius 2 is 1.93 bits per heavy atom. The number of nitrogens with zero attached hydrogens (tertiary/aromatic N) is 1. The molecule has 2 heterocycles. The molecule has 27 heavy (non-hydrogen) atoms. The molecule has 1 saturated heterocycles. The molecule has 3 aromatic rings. The van der Waals surface area contributed by atoms with Gasteiger partial charge in [0.1, 0.15) is 5.82 Å². The molecule has 0 unspecified atom stereocenters. The largest absolute Gasteiger partial charge is 0.417 e. The molecule has 0 saturated carbocycles. The fraction of sp³-hybridized carbons (Fsp3) is 0.318. The molecule has 0 bridgehead atoms. The number of rotatable bonds is 5.